The number of likely N-dealkylation sites (tertiary alicyclic amines) is 1. The summed E-state index contributed by atoms with van der Waals surface area (Å²) in [4.78, 5) is 24.0. The molecule has 0 saturated carbocycles. The van der Waals surface area contributed by atoms with Crippen LogP contribution >= 0.6 is 0 Å². The van der Waals surface area contributed by atoms with Gasteiger partial charge in [-0.1, -0.05) is 12.1 Å². The number of ether oxygens (including phenoxy) is 1. The number of hydrogen-bond acceptors (Lipinski definition) is 3. The van der Waals surface area contributed by atoms with Crippen LogP contribution in [-0.4, -0.2) is 42.3 Å². The Morgan fingerprint density at radius 2 is 2.00 bits per heavy atom. The number of carboxylic acids is 1. The average molecular weight is 263 g/mol. The molecule has 5 nitrogen and oxygen atoms in total. The lowest BCUT2D eigenvalue weighted by atomic mass is 9.89. The number of carbonyl (C=O) groups is 2. The van der Waals surface area contributed by atoms with E-state index < -0.39 is 5.97 Å². The van der Waals surface area contributed by atoms with Gasteiger partial charge in [-0.2, -0.15) is 0 Å². The molecular formula is C14H17NO4. The summed E-state index contributed by atoms with van der Waals surface area (Å²) in [7, 11) is 1.38. The first-order valence-electron chi connectivity index (χ1n) is 6.28. The molecule has 1 fully saturated rings. The van der Waals surface area contributed by atoms with Crippen LogP contribution in [0.3, 0.4) is 0 Å². The quantitative estimate of drug-likeness (QED) is 0.889. The Balaban J connectivity index is 2.03. The lowest BCUT2D eigenvalue weighted by Gasteiger charge is -2.31. The molecular weight excluding hydrogens is 246 g/mol. The Morgan fingerprint density at radius 3 is 2.58 bits per heavy atom. The zero-order valence-electron chi connectivity index (χ0n) is 10.8. The predicted molar refractivity (Wildman–Crippen MR) is 69.4 cm³/mol. The molecule has 1 heterocycles. The summed E-state index contributed by atoms with van der Waals surface area (Å²) in [6.45, 7) is 1.29. The van der Waals surface area contributed by atoms with E-state index >= 15 is 0 Å². The van der Waals surface area contributed by atoms with Gasteiger partial charge in [0, 0.05) is 13.1 Å². The van der Waals surface area contributed by atoms with Crippen molar-refractivity contribution >= 4 is 12.1 Å². The second-order valence-electron chi connectivity index (χ2n) is 4.66. The van der Waals surface area contributed by atoms with E-state index in [2.05, 4.69) is 0 Å². The maximum atomic E-state index is 11.4. The molecule has 1 aromatic rings. The number of benzene rings is 1. The van der Waals surface area contributed by atoms with Crippen LogP contribution in [0.1, 0.15) is 34.7 Å². The number of carboxylic acid groups (broad SMARTS) is 1. The van der Waals surface area contributed by atoms with Gasteiger partial charge >= 0.3 is 12.1 Å². The molecule has 1 aromatic carbocycles. The number of methoxy groups -OCH3 is 1. The smallest absolute Gasteiger partial charge is 0.409 e. The Morgan fingerprint density at radius 1 is 1.32 bits per heavy atom. The van der Waals surface area contributed by atoms with Crippen LogP contribution in [-0.2, 0) is 4.74 Å². The Bertz CT molecular complexity index is 478. The zero-order chi connectivity index (χ0) is 13.8. The standard InChI is InChI=1S/C14H17NO4/c1-19-14(18)15-7-5-10(6-8-15)11-3-2-4-12(9-11)13(16)17/h2-4,9-10H,5-8H2,1H3,(H,16,17). The molecule has 1 N–H and O–H groups in total. The van der Waals surface area contributed by atoms with Gasteiger partial charge in [-0.3, -0.25) is 0 Å². The number of amides is 1. The van der Waals surface area contributed by atoms with Gasteiger partial charge in [0.05, 0.1) is 12.7 Å². The van der Waals surface area contributed by atoms with Crippen LogP contribution in [0, 0.1) is 0 Å². The summed E-state index contributed by atoms with van der Waals surface area (Å²) in [5.74, 6) is -0.603. The van der Waals surface area contributed by atoms with Crippen molar-refractivity contribution in [2.45, 2.75) is 18.8 Å². The van der Waals surface area contributed by atoms with Gasteiger partial charge in [-0.05, 0) is 36.5 Å². The summed E-state index contributed by atoms with van der Waals surface area (Å²) in [5, 5.41) is 8.98. The number of rotatable bonds is 2. The first kappa shape index (κ1) is 13.4. The minimum Gasteiger partial charge on any atom is -0.478 e. The summed E-state index contributed by atoms with van der Waals surface area (Å²) in [6.07, 6.45) is 1.37. The highest BCUT2D eigenvalue weighted by Gasteiger charge is 2.24. The van der Waals surface area contributed by atoms with Crippen LogP contribution in [0.2, 0.25) is 0 Å². The normalized spacial score (nSPS) is 16.2. The van der Waals surface area contributed by atoms with Crippen molar-refractivity contribution in [2.24, 2.45) is 0 Å². The van der Waals surface area contributed by atoms with E-state index in [1.54, 1.807) is 23.1 Å². The number of aromatic carboxylic acids is 1. The number of piperidine rings is 1. The third kappa shape index (κ3) is 3.05. The monoisotopic (exact) mass is 263 g/mol. The van der Waals surface area contributed by atoms with Crippen molar-refractivity contribution in [3.63, 3.8) is 0 Å². The summed E-state index contributed by atoms with van der Waals surface area (Å²) >= 11 is 0. The van der Waals surface area contributed by atoms with Crippen LogP contribution in [0.4, 0.5) is 4.79 Å². The average Bonchev–Trinajstić information content (AvgIpc) is 2.46. The van der Waals surface area contributed by atoms with E-state index in [9.17, 15) is 9.59 Å². The van der Waals surface area contributed by atoms with E-state index in [1.807, 2.05) is 6.07 Å². The van der Waals surface area contributed by atoms with Gasteiger partial charge in [0.25, 0.3) is 0 Å². The van der Waals surface area contributed by atoms with E-state index in [4.69, 9.17) is 9.84 Å². The first-order chi connectivity index (χ1) is 9.11. The van der Waals surface area contributed by atoms with Gasteiger partial charge in [0.1, 0.15) is 0 Å². The minimum absolute atomic E-state index is 0.294. The number of hydrogen-bond donors (Lipinski definition) is 1. The predicted octanol–water partition coefficient (Wildman–Crippen LogP) is 2.33. The van der Waals surface area contributed by atoms with Crippen molar-refractivity contribution < 1.29 is 19.4 Å². The topological polar surface area (TPSA) is 66.8 Å². The highest BCUT2D eigenvalue weighted by Crippen LogP contribution is 2.28. The molecule has 0 unspecified atom stereocenters. The third-order valence-corrected chi connectivity index (χ3v) is 3.53. The second-order valence-corrected chi connectivity index (χ2v) is 4.66. The molecule has 1 aliphatic heterocycles. The van der Waals surface area contributed by atoms with Crippen molar-refractivity contribution in [3.8, 4) is 0 Å². The largest absolute Gasteiger partial charge is 0.478 e. The van der Waals surface area contributed by atoms with E-state index in [0.717, 1.165) is 18.4 Å². The molecule has 1 aliphatic rings. The highest BCUT2D eigenvalue weighted by molar-refractivity contribution is 5.87. The van der Waals surface area contributed by atoms with Crippen LogP contribution in [0.5, 0.6) is 0 Å². The van der Waals surface area contributed by atoms with Gasteiger partial charge in [-0.15, -0.1) is 0 Å². The SMILES string of the molecule is COC(=O)N1CCC(c2cccc(C(=O)O)c2)CC1. The summed E-state index contributed by atoms with van der Waals surface area (Å²) < 4.78 is 4.69. The zero-order valence-corrected chi connectivity index (χ0v) is 10.8. The number of carbonyl (C=O) groups excluding carboxylic acids is 1. The van der Waals surface area contributed by atoms with Gasteiger partial charge in [-0.25, -0.2) is 9.59 Å². The third-order valence-electron chi connectivity index (χ3n) is 3.53. The molecule has 102 valence electrons. The van der Waals surface area contributed by atoms with Crippen molar-refractivity contribution in [3.05, 3.63) is 35.4 Å². The maximum Gasteiger partial charge on any atom is 0.409 e. The fourth-order valence-corrected chi connectivity index (χ4v) is 2.45. The molecule has 0 radical (unpaired) electrons. The van der Waals surface area contributed by atoms with E-state index in [1.165, 1.54) is 7.11 Å². The molecule has 0 aliphatic carbocycles. The molecule has 0 aromatic heterocycles. The van der Waals surface area contributed by atoms with Crippen molar-refractivity contribution in [1.82, 2.24) is 4.90 Å². The molecule has 0 atom stereocenters. The Hall–Kier alpha value is -2.04. The first-order valence-corrected chi connectivity index (χ1v) is 6.28. The molecule has 19 heavy (non-hydrogen) atoms. The minimum atomic E-state index is -0.908. The van der Waals surface area contributed by atoms with Gasteiger partial charge < -0.3 is 14.7 Å². The van der Waals surface area contributed by atoms with Gasteiger partial charge in [0.15, 0.2) is 0 Å². The molecule has 1 amide bonds. The molecule has 0 bridgehead atoms. The van der Waals surface area contributed by atoms with E-state index in [0.29, 0.717) is 24.6 Å². The van der Waals surface area contributed by atoms with Crippen molar-refractivity contribution in [1.29, 1.82) is 0 Å². The molecule has 2 rings (SSSR count). The molecule has 0 spiro atoms. The number of nitrogens with zero attached hydrogens (tertiary/aromatic N) is 1. The van der Waals surface area contributed by atoms with Crippen LogP contribution in [0.15, 0.2) is 24.3 Å². The Kier molecular flexibility index (Phi) is 4.04. The van der Waals surface area contributed by atoms with Crippen LogP contribution < -0.4 is 0 Å². The van der Waals surface area contributed by atoms with Gasteiger partial charge in [0.2, 0.25) is 0 Å². The fourth-order valence-electron chi connectivity index (χ4n) is 2.45. The van der Waals surface area contributed by atoms with Crippen molar-refractivity contribution in [2.75, 3.05) is 20.2 Å². The maximum absolute atomic E-state index is 11.4. The second kappa shape index (κ2) is 5.73. The summed E-state index contributed by atoms with van der Waals surface area (Å²) in [5.41, 5.74) is 1.34. The highest BCUT2D eigenvalue weighted by atomic mass is 16.5. The fraction of sp³-hybridized carbons (Fsp3) is 0.429. The van der Waals surface area contributed by atoms with E-state index in [-0.39, 0.29) is 6.09 Å². The lowest BCUT2D eigenvalue weighted by molar-refractivity contribution is 0.0696. The Labute approximate surface area is 111 Å². The summed E-state index contributed by atoms with van der Waals surface area (Å²) in [6, 6.07) is 7.03. The van der Waals surface area contributed by atoms with Crippen LogP contribution in [0.25, 0.3) is 0 Å². The molecule has 5 heteroatoms. The lowest BCUT2D eigenvalue weighted by Crippen LogP contribution is -2.37. The molecule has 1 saturated heterocycles.